The zero-order chi connectivity index (χ0) is 10.7. The number of pyridine rings is 1. The molecule has 0 aliphatic heterocycles. The molecule has 3 heteroatoms. The summed E-state index contributed by atoms with van der Waals surface area (Å²) in [6.07, 6.45) is 6.90. The van der Waals surface area contributed by atoms with Gasteiger partial charge < -0.3 is 4.90 Å². The standard InChI is InChI=1S/C12H14N2O/c1-14(11-4-5-12(15)7-11)9-10-3-2-6-13-8-10/h2-3,6-8H,4-5,9H2,1H3. The lowest BCUT2D eigenvalue weighted by Gasteiger charge is -2.19. The smallest absolute Gasteiger partial charge is 0.157 e. The van der Waals surface area contributed by atoms with Gasteiger partial charge in [-0.3, -0.25) is 9.78 Å². The topological polar surface area (TPSA) is 33.2 Å². The molecular formula is C12H14N2O. The molecule has 3 nitrogen and oxygen atoms in total. The second-order valence-corrected chi connectivity index (χ2v) is 3.82. The quantitative estimate of drug-likeness (QED) is 0.748. The SMILES string of the molecule is CN(Cc1cccnc1)C1=CC(=O)CC1. The minimum Gasteiger partial charge on any atom is -0.373 e. The molecule has 0 unspecified atom stereocenters. The van der Waals surface area contributed by atoms with Crippen LogP contribution in [0.5, 0.6) is 0 Å². The summed E-state index contributed by atoms with van der Waals surface area (Å²) in [6, 6.07) is 3.97. The fraction of sp³-hybridized carbons (Fsp3) is 0.333. The summed E-state index contributed by atoms with van der Waals surface area (Å²) in [5.74, 6) is 0.239. The van der Waals surface area contributed by atoms with Crippen molar-refractivity contribution < 1.29 is 4.79 Å². The third-order valence-corrected chi connectivity index (χ3v) is 2.59. The maximum atomic E-state index is 11.1. The van der Waals surface area contributed by atoms with Crippen LogP contribution in [0.25, 0.3) is 0 Å². The Balaban J connectivity index is 2.01. The molecule has 1 aliphatic carbocycles. The predicted molar refractivity (Wildman–Crippen MR) is 58.0 cm³/mol. The van der Waals surface area contributed by atoms with Crippen molar-refractivity contribution in [2.24, 2.45) is 0 Å². The van der Waals surface area contributed by atoms with E-state index in [1.165, 1.54) is 5.56 Å². The second kappa shape index (κ2) is 4.26. The number of rotatable bonds is 3. The van der Waals surface area contributed by atoms with Gasteiger partial charge in [-0.25, -0.2) is 0 Å². The maximum absolute atomic E-state index is 11.1. The molecule has 1 aromatic heterocycles. The molecule has 0 saturated carbocycles. The monoisotopic (exact) mass is 202 g/mol. The number of allylic oxidation sites excluding steroid dienone is 2. The van der Waals surface area contributed by atoms with E-state index in [2.05, 4.69) is 9.88 Å². The Morgan fingerprint density at radius 1 is 1.47 bits per heavy atom. The normalized spacial score (nSPS) is 15.3. The van der Waals surface area contributed by atoms with Crippen molar-refractivity contribution in [3.63, 3.8) is 0 Å². The maximum Gasteiger partial charge on any atom is 0.157 e. The molecule has 0 atom stereocenters. The van der Waals surface area contributed by atoms with Crippen molar-refractivity contribution >= 4 is 5.78 Å². The third kappa shape index (κ3) is 2.43. The first-order chi connectivity index (χ1) is 7.25. The van der Waals surface area contributed by atoms with Crippen LogP contribution in [-0.2, 0) is 11.3 Å². The summed E-state index contributed by atoms with van der Waals surface area (Å²) in [6.45, 7) is 0.812. The van der Waals surface area contributed by atoms with Crippen LogP contribution < -0.4 is 0 Å². The Morgan fingerprint density at radius 2 is 2.33 bits per heavy atom. The molecule has 0 saturated heterocycles. The number of nitrogens with zero attached hydrogens (tertiary/aromatic N) is 2. The fourth-order valence-corrected chi connectivity index (χ4v) is 1.75. The summed E-state index contributed by atoms with van der Waals surface area (Å²) in [5.41, 5.74) is 2.30. The van der Waals surface area contributed by atoms with Gasteiger partial charge in [0.1, 0.15) is 0 Å². The average Bonchev–Trinajstić information content (AvgIpc) is 2.66. The number of hydrogen-bond donors (Lipinski definition) is 0. The molecule has 1 aromatic rings. The number of hydrogen-bond acceptors (Lipinski definition) is 3. The van der Waals surface area contributed by atoms with Crippen LogP contribution in [0.3, 0.4) is 0 Å². The first kappa shape index (κ1) is 9.90. The van der Waals surface area contributed by atoms with E-state index in [0.717, 1.165) is 18.7 Å². The van der Waals surface area contributed by atoms with Crippen molar-refractivity contribution in [1.82, 2.24) is 9.88 Å². The van der Waals surface area contributed by atoms with E-state index in [0.29, 0.717) is 6.42 Å². The molecule has 78 valence electrons. The van der Waals surface area contributed by atoms with E-state index in [1.807, 2.05) is 25.4 Å². The highest BCUT2D eigenvalue weighted by molar-refractivity contribution is 5.92. The summed E-state index contributed by atoms with van der Waals surface area (Å²) in [5, 5.41) is 0. The zero-order valence-electron chi connectivity index (χ0n) is 8.81. The Morgan fingerprint density at radius 3 is 2.93 bits per heavy atom. The van der Waals surface area contributed by atoms with Gasteiger partial charge >= 0.3 is 0 Å². The predicted octanol–water partition coefficient (Wildman–Crippen LogP) is 1.76. The highest BCUT2D eigenvalue weighted by atomic mass is 16.1. The largest absolute Gasteiger partial charge is 0.373 e. The first-order valence-corrected chi connectivity index (χ1v) is 5.09. The van der Waals surface area contributed by atoms with Gasteiger partial charge in [-0.15, -0.1) is 0 Å². The van der Waals surface area contributed by atoms with Crippen molar-refractivity contribution in [1.29, 1.82) is 0 Å². The van der Waals surface area contributed by atoms with Crippen LogP contribution in [-0.4, -0.2) is 22.7 Å². The molecule has 0 spiro atoms. The van der Waals surface area contributed by atoms with Gasteiger partial charge in [-0.05, 0) is 18.1 Å². The minimum atomic E-state index is 0.239. The molecule has 0 bridgehead atoms. The Bertz CT molecular complexity index is 384. The van der Waals surface area contributed by atoms with Gasteiger partial charge in [-0.2, -0.15) is 0 Å². The highest BCUT2D eigenvalue weighted by Crippen LogP contribution is 2.19. The van der Waals surface area contributed by atoms with Gasteiger partial charge in [0.25, 0.3) is 0 Å². The van der Waals surface area contributed by atoms with E-state index < -0.39 is 0 Å². The van der Waals surface area contributed by atoms with E-state index in [-0.39, 0.29) is 5.78 Å². The Kier molecular flexibility index (Phi) is 2.81. The van der Waals surface area contributed by atoms with Crippen LogP contribution in [0.4, 0.5) is 0 Å². The molecule has 0 N–H and O–H groups in total. The summed E-state index contributed by atoms with van der Waals surface area (Å²) in [4.78, 5) is 17.3. The Labute approximate surface area is 89.4 Å². The fourth-order valence-electron chi connectivity index (χ4n) is 1.75. The molecule has 1 heterocycles. The number of carbonyl (C=O) groups excluding carboxylic acids is 1. The van der Waals surface area contributed by atoms with Crippen molar-refractivity contribution in [2.45, 2.75) is 19.4 Å². The number of carbonyl (C=O) groups is 1. The molecular weight excluding hydrogens is 188 g/mol. The lowest BCUT2D eigenvalue weighted by atomic mass is 10.2. The van der Waals surface area contributed by atoms with Crippen LogP contribution >= 0.6 is 0 Å². The third-order valence-electron chi connectivity index (χ3n) is 2.59. The lowest BCUT2D eigenvalue weighted by molar-refractivity contribution is -0.114. The molecule has 0 amide bonds. The Hall–Kier alpha value is -1.64. The van der Waals surface area contributed by atoms with Crippen LogP contribution in [0, 0.1) is 0 Å². The van der Waals surface area contributed by atoms with Crippen molar-refractivity contribution in [3.05, 3.63) is 41.9 Å². The molecule has 0 radical (unpaired) electrons. The van der Waals surface area contributed by atoms with Gasteiger partial charge in [0.15, 0.2) is 5.78 Å². The molecule has 1 aliphatic rings. The van der Waals surface area contributed by atoms with E-state index in [9.17, 15) is 4.79 Å². The zero-order valence-corrected chi connectivity index (χ0v) is 8.81. The van der Waals surface area contributed by atoms with Crippen LogP contribution in [0.15, 0.2) is 36.3 Å². The molecule has 0 aromatic carbocycles. The van der Waals surface area contributed by atoms with Gasteiger partial charge in [0.05, 0.1) is 0 Å². The molecule has 15 heavy (non-hydrogen) atoms. The van der Waals surface area contributed by atoms with Gasteiger partial charge in [-0.1, -0.05) is 6.07 Å². The van der Waals surface area contributed by atoms with Crippen molar-refractivity contribution in [3.8, 4) is 0 Å². The number of aromatic nitrogens is 1. The minimum absolute atomic E-state index is 0.239. The first-order valence-electron chi connectivity index (χ1n) is 5.09. The second-order valence-electron chi connectivity index (χ2n) is 3.82. The van der Waals surface area contributed by atoms with Crippen LogP contribution in [0.2, 0.25) is 0 Å². The summed E-state index contributed by atoms with van der Waals surface area (Å²) < 4.78 is 0. The lowest BCUT2D eigenvalue weighted by Crippen LogP contribution is -2.15. The van der Waals surface area contributed by atoms with Gasteiger partial charge in [0.2, 0.25) is 0 Å². The van der Waals surface area contributed by atoms with Crippen molar-refractivity contribution in [2.75, 3.05) is 7.05 Å². The van der Waals surface area contributed by atoms with E-state index in [1.54, 1.807) is 12.3 Å². The summed E-state index contributed by atoms with van der Waals surface area (Å²) in [7, 11) is 2.01. The van der Waals surface area contributed by atoms with Crippen LogP contribution in [0.1, 0.15) is 18.4 Å². The summed E-state index contributed by atoms with van der Waals surface area (Å²) >= 11 is 0. The average molecular weight is 202 g/mol. The van der Waals surface area contributed by atoms with E-state index >= 15 is 0 Å². The molecule has 2 rings (SSSR count). The van der Waals surface area contributed by atoms with E-state index in [4.69, 9.17) is 0 Å². The van der Waals surface area contributed by atoms with Gasteiger partial charge in [0, 0.05) is 44.2 Å². The number of ketones is 1. The molecule has 0 fully saturated rings. The highest BCUT2D eigenvalue weighted by Gasteiger charge is 2.15.